The summed E-state index contributed by atoms with van der Waals surface area (Å²) in [6, 6.07) is 0.0281. The molecule has 1 aliphatic carbocycles. The molecule has 5 unspecified atom stereocenters. The van der Waals surface area contributed by atoms with Crippen molar-refractivity contribution in [3.8, 4) is 0 Å². The number of carboxylic acids is 1. The van der Waals surface area contributed by atoms with Crippen molar-refractivity contribution >= 4 is 11.9 Å². The molecule has 0 spiro atoms. The topological polar surface area (TPSA) is 69.6 Å². The Hall–Kier alpha value is -1.10. The van der Waals surface area contributed by atoms with Gasteiger partial charge in [-0.25, -0.2) is 0 Å². The van der Waals surface area contributed by atoms with Crippen LogP contribution in [0.2, 0.25) is 0 Å². The molecule has 0 aromatic carbocycles. The minimum atomic E-state index is -0.750. The third-order valence-corrected chi connectivity index (χ3v) is 5.53. The quantitative estimate of drug-likeness (QED) is 0.829. The first-order chi connectivity index (χ1) is 9.90. The lowest BCUT2D eigenvalue weighted by Crippen LogP contribution is -2.51. The van der Waals surface area contributed by atoms with E-state index in [1.54, 1.807) is 0 Å². The summed E-state index contributed by atoms with van der Waals surface area (Å²) in [6.45, 7) is 7.54. The average Bonchev–Trinajstić information content (AvgIpc) is 2.93. The number of carboxylic acid groups (broad SMARTS) is 1. The zero-order valence-electron chi connectivity index (χ0n) is 13.3. The fraction of sp³-hybridized carbons (Fsp3) is 0.875. The Kier molecular flexibility index (Phi) is 5.25. The lowest BCUT2D eigenvalue weighted by atomic mass is 9.78. The summed E-state index contributed by atoms with van der Waals surface area (Å²) >= 11 is 0. The van der Waals surface area contributed by atoms with Crippen molar-refractivity contribution in [3.05, 3.63) is 0 Å². The molecule has 120 valence electrons. The van der Waals surface area contributed by atoms with Gasteiger partial charge in [-0.2, -0.15) is 0 Å². The average molecular weight is 296 g/mol. The van der Waals surface area contributed by atoms with Crippen LogP contribution in [0.4, 0.5) is 0 Å². The van der Waals surface area contributed by atoms with Gasteiger partial charge in [-0.3, -0.25) is 14.5 Å². The molecular weight excluding hydrogens is 268 g/mol. The summed E-state index contributed by atoms with van der Waals surface area (Å²) in [4.78, 5) is 25.4. The van der Waals surface area contributed by atoms with Crippen LogP contribution in [0.25, 0.3) is 0 Å². The third-order valence-electron chi connectivity index (χ3n) is 5.53. The molecule has 1 saturated carbocycles. The number of nitrogens with zero attached hydrogens (tertiary/aromatic N) is 1. The Bertz CT molecular complexity index is 399. The Labute approximate surface area is 127 Å². The molecule has 5 nitrogen and oxygen atoms in total. The van der Waals surface area contributed by atoms with Crippen molar-refractivity contribution < 1.29 is 14.7 Å². The molecule has 5 heteroatoms. The molecular formula is C16H28N2O3. The molecule has 2 fully saturated rings. The monoisotopic (exact) mass is 296 g/mol. The highest BCUT2D eigenvalue weighted by atomic mass is 16.4. The lowest BCUT2D eigenvalue weighted by Gasteiger charge is -2.36. The van der Waals surface area contributed by atoms with E-state index in [9.17, 15) is 9.59 Å². The van der Waals surface area contributed by atoms with Crippen molar-refractivity contribution in [3.63, 3.8) is 0 Å². The smallest absolute Gasteiger partial charge is 0.307 e. The fourth-order valence-corrected chi connectivity index (χ4v) is 3.60. The maximum Gasteiger partial charge on any atom is 0.307 e. The second kappa shape index (κ2) is 6.77. The maximum atomic E-state index is 12.4. The molecule has 0 aromatic rings. The highest BCUT2D eigenvalue weighted by Crippen LogP contribution is 2.29. The molecule has 2 aliphatic rings. The van der Waals surface area contributed by atoms with E-state index < -0.39 is 5.97 Å². The van der Waals surface area contributed by atoms with Crippen LogP contribution in [-0.2, 0) is 9.59 Å². The van der Waals surface area contributed by atoms with Crippen LogP contribution in [0.5, 0.6) is 0 Å². The Morgan fingerprint density at radius 1 is 1.24 bits per heavy atom. The summed E-state index contributed by atoms with van der Waals surface area (Å²) in [5.41, 5.74) is 0. The lowest BCUT2D eigenvalue weighted by molar-refractivity contribution is -0.141. The largest absolute Gasteiger partial charge is 0.481 e. The predicted molar refractivity (Wildman–Crippen MR) is 80.9 cm³/mol. The molecule has 21 heavy (non-hydrogen) atoms. The fourth-order valence-electron chi connectivity index (χ4n) is 3.60. The van der Waals surface area contributed by atoms with E-state index in [4.69, 9.17) is 5.11 Å². The van der Waals surface area contributed by atoms with E-state index in [0.717, 1.165) is 6.42 Å². The SMILES string of the molecule is CC1CCCC(NC(=O)C(C)N2CCC(C(=O)O)C2)C1C. The summed E-state index contributed by atoms with van der Waals surface area (Å²) in [6.07, 6.45) is 4.12. The van der Waals surface area contributed by atoms with E-state index in [0.29, 0.717) is 31.3 Å². The van der Waals surface area contributed by atoms with Crippen molar-refractivity contribution in [2.75, 3.05) is 13.1 Å². The highest BCUT2D eigenvalue weighted by molar-refractivity contribution is 5.82. The van der Waals surface area contributed by atoms with Gasteiger partial charge in [0.25, 0.3) is 0 Å². The molecule has 1 heterocycles. The first kappa shape index (κ1) is 16.3. The van der Waals surface area contributed by atoms with E-state index >= 15 is 0 Å². The van der Waals surface area contributed by atoms with E-state index in [2.05, 4.69) is 19.2 Å². The van der Waals surface area contributed by atoms with Gasteiger partial charge in [0.15, 0.2) is 0 Å². The zero-order chi connectivity index (χ0) is 15.6. The van der Waals surface area contributed by atoms with Crippen molar-refractivity contribution in [1.29, 1.82) is 0 Å². The number of amides is 1. The number of hydrogen-bond acceptors (Lipinski definition) is 3. The van der Waals surface area contributed by atoms with Crippen LogP contribution >= 0.6 is 0 Å². The van der Waals surface area contributed by atoms with Gasteiger partial charge in [-0.1, -0.05) is 26.7 Å². The van der Waals surface area contributed by atoms with Crippen LogP contribution in [0.15, 0.2) is 0 Å². The van der Waals surface area contributed by atoms with Gasteiger partial charge < -0.3 is 10.4 Å². The van der Waals surface area contributed by atoms with E-state index in [1.807, 2.05) is 11.8 Å². The minimum absolute atomic E-state index is 0.0481. The molecule has 5 atom stereocenters. The third kappa shape index (κ3) is 3.76. The molecule has 1 amide bonds. The molecule has 0 aromatic heterocycles. The van der Waals surface area contributed by atoms with Crippen LogP contribution in [0.3, 0.4) is 0 Å². The van der Waals surface area contributed by atoms with Gasteiger partial charge >= 0.3 is 5.97 Å². The number of aliphatic carboxylic acids is 1. The molecule has 1 saturated heterocycles. The van der Waals surface area contributed by atoms with Gasteiger partial charge in [0.1, 0.15) is 0 Å². The molecule has 0 bridgehead atoms. The van der Waals surface area contributed by atoms with Crippen molar-refractivity contribution in [2.45, 2.75) is 58.5 Å². The standard InChI is InChI=1S/C16H28N2O3/c1-10-5-4-6-14(11(10)2)17-15(19)12(3)18-8-7-13(9-18)16(20)21/h10-14H,4-9H2,1-3H3,(H,17,19)(H,20,21). The molecule has 2 rings (SSSR count). The van der Waals surface area contributed by atoms with Gasteiger partial charge in [0.2, 0.25) is 5.91 Å². The highest BCUT2D eigenvalue weighted by Gasteiger charge is 2.35. The second-order valence-corrected chi connectivity index (χ2v) is 6.88. The van der Waals surface area contributed by atoms with Crippen LogP contribution in [0, 0.1) is 17.8 Å². The summed E-state index contributed by atoms with van der Waals surface area (Å²) in [5, 5.41) is 12.2. The first-order valence-corrected chi connectivity index (χ1v) is 8.17. The van der Waals surface area contributed by atoms with Gasteiger partial charge in [-0.15, -0.1) is 0 Å². The number of carbonyl (C=O) groups is 2. The molecule has 2 N–H and O–H groups in total. The van der Waals surface area contributed by atoms with Crippen LogP contribution < -0.4 is 5.32 Å². The molecule has 0 radical (unpaired) electrons. The Morgan fingerprint density at radius 2 is 1.95 bits per heavy atom. The summed E-state index contributed by atoms with van der Waals surface area (Å²) in [7, 11) is 0. The molecule has 1 aliphatic heterocycles. The predicted octanol–water partition coefficient (Wildman–Crippen LogP) is 1.72. The van der Waals surface area contributed by atoms with Crippen LogP contribution in [0.1, 0.15) is 46.5 Å². The number of carbonyl (C=O) groups excluding carboxylic acids is 1. The minimum Gasteiger partial charge on any atom is -0.481 e. The zero-order valence-corrected chi connectivity index (χ0v) is 13.3. The Balaban J connectivity index is 1.87. The Morgan fingerprint density at radius 3 is 2.57 bits per heavy atom. The normalized spacial score (nSPS) is 35.4. The van der Waals surface area contributed by atoms with Crippen molar-refractivity contribution in [1.82, 2.24) is 10.2 Å². The van der Waals surface area contributed by atoms with E-state index in [1.165, 1.54) is 12.8 Å². The maximum absolute atomic E-state index is 12.4. The number of nitrogens with one attached hydrogen (secondary N) is 1. The first-order valence-electron chi connectivity index (χ1n) is 8.17. The number of hydrogen-bond donors (Lipinski definition) is 2. The van der Waals surface area contributed by atoms with Crippen molar-refractivity contribution in [2.24, 2.45) is 17.8 Å². The van der Waals surface area contributed by atoms with Gasteiger partial charge in [-0.05, 0) is 38.1 Å². The van der Waals surface area contributed by atoms with E-state index in [-0.39, 0.29) is 23.9 Å². The summed E-state index contributed by atoms with van der Waals surface area (Å²) in [5.74, 6) is 0.142. The second-order valence-electron chi connectivity index (χ2n) is 6.88. The number of rotatable bonds is 4. The van der Waals surface area contributed by atoms with Gasteiger partial charge in [0.05, 0.1) is 12.0 Å². The number of likely N-dealkylation sites (tertiary alicyclic amines) is 1. The van der Waals surface area contributed by atoms with Crippen LogP contribution in [-0.4, -0.2) is 47.1 Å². The summed E-state index contributed by atoms with van der Waals surface area (Å²) < 4.78 is 0. The van der Waals surface area contributed by atoms with Gasteiger partial charge in [0, 0.05) is 12.6 Å².